The zero-order chi connectivity index (χ0) is 17.8. The molecule has 0 unspecified atom stereocenters. The first-order valence-corrected chi connectivity index (χ1v) is 9.34. The van der Waals surface area contributed by atoms with Crippen molar-refractivity contribution in [3.8, 4) is 5.69 Å². The number of nitrogens with two attached hydrogens (primary N) is 1. The fraction of sp³-hybridized carbons (Fsp3) is 0.444. The number of piperidine rings is 1. The van der Waals surface area contributed by atoms with Crippen molar-refractivity contribution in [2.24, 2.45) is 5.73 Å². The molecule has 0 radical (unpaired) electrons. The van der Waals surface area contributed by atoms with Gasteiger partial charge in [0.1, 0.15) is 11.9 Å². The van der Waals surface area contributed by atoms with Gasteiger partial charge in [-0.3, -0.25) is 4.68 Å². The van der Waals surface area contributed by atoms with E-state index in [-0.39, 0.29) is 6.54 Å². The van der Waals surface area contributed by atoms with E-state index in [1.165, 1.54) is 12.8 Å². The summed E-state index contributed by atoms with van der Waals surface area (Å²) >= 11 is 6.48. The molecule has 136 valence electrons. The van der Waals surface area contributed by atoms with Crippen molar-refractivity contribution in [3.63, 3.8) is 0 Å². The number of benzene rings is 1. The number of fused-ring (bicyclic) bond motifs is 1. The van der Waals surface area contributed by atoms with Crippen molar-refractivity contribution in [3.05, 3.63) is 35.7 Å². The van der Waals surface area contributed by atoms with Crippen LogP contribution in [0.1, 0.15) is 25.3 Å². The van der Waals surface area contributed by atoms with Crippen LogP contribution in [0.15, 0.2) is 30.7 Å². The predicted molar refractivity (Wildman–Crippen MR) is 99.8 cm³/mol. The number of alkyl halides is 1. The van der Waals surface area contributed by atoms with Crippen molar-refractivity contribution >= 4 is 28.2 Å². The second-order valence-corrected chi connectivity index (χ2v) is 7.65. The third-order valence-corrected chi connectivity index (χ3v) is 5.63. The Kier molecular flexibility index (Phi) is 3.68. The third-order valence-electron chi connectivity index (χ3n) is 5.32. The van der Waals surface area contributed by atoms with Crippen molar-refractivity contribution in [2.75, 3.05) is 18.0 Å². The Morgan fingerprint density at radius 1 is 1.15 bits per heavy atom. The van der Waals surface area contributed by atoms with Gasteiger partial charge in [-0.05, 0) is 31.4 Å². The summed E-state index contributed by atoms with van der Waals surface area (Å²) in [7, 11) is 0. The van der Waals surface area contributed by atoms with E-state index in [9.17, 15) is 4.39 Å². The molecule has 0 spiro atoms. The molecule has 6 nitrogen and oxygen atoms in total. The first-order chi connectivity index (χ1) is 12.6. The lowest BCUT2D eigenvalue weighted by Crippen LogP contribution is -2.48. The number of hydrogen-bond acceptors (Lipinski definition) is 4. The second kappa shape index (κ2) is 5.96. The predicted octanol–water partition coefficient (Wildman–Crippen LogP) is 3.09. The molecule has 8 heteroatoms. The Morgan fingerprint density at radius 3 is 2.77 bits per heavy atom. The maximum atomic E-state index is 14.1. The van der Waals surface area contributed by atoms with Gasteiger partial charge < -0.3 is 10.6 Å². The fourth-order valence-electron chi connectivity index (χ4n) is 3.60. The van der Waals surface area contributed by atoms with Gasteiger partial charge in [-0.15, -0.1) is 0 Å². The second-order valence-electron chi connectivity index (χ2n) is 7.24. The monoisotopic (exact) mass is 374 g/mol. The Labute approximate surface area is 155 Å². The minimum atomic E-state index is -1.04. The van der Waals surface area contributed by atoms with E-state index >= 15 is 0 Å². The Morgan fingerprint density at radius 2 is 2.00 bits per heavy atom. The van der Waals surface area contributed by atoms with Crippen molar-refractivity contribution in [1.82, 2.24) is 19.6 Å². The molecule has 0 amide bonds. The maximum absolute atomic E-state index is 14.1. The highest BCUT2D eigenvalue weighted by Crippen LogP contribution is 2.36. The highest BCUT2D eigenvalue weighted by atomic mass is 35.5. The maximum Gasteiger partial charge on any atom is 0.133 e. The molecule has 1 saturated carbocycles. The molecule has 2 aliphatic rings. The molecule has 2 atom stereocenters. The molecule has 1 aliphatic heterocycles. The van der Waals surface area contributed by atoms with Crippen molar-refractivity contribution in [1.29, 1.82) is 0 Å². The van der Waals surface area contributed by atoms with E-state index in [0.29, 0.717) is 24.0 Å². The van der Waals surface area contributed by atoms with Gasteiger partial charge >= 0.3 is 0 Å². The van der Waals surface area contributed by atoms with Gasteiger partial charge in [-0.2, -0.15) is 10.2 Å². The van der Waals surface area contributed by atoms with Gasteiger partial charge in [-0.25, -0.2) is 9.07 Å². The highest BCUT2D eigenvalue weighted by molar-refractivity contribution is 6.34. The molecule has 3 heterocycles. The average molecular weight is 375 g/mol. The van der Waals surface area contributed by atoms with Gasteiger partial charge in [-0.1, -0.05) is 11.6 Å². The smallest absolute Gasteiger partial charge is 0.133 e. The number of nitrogens with zero attached hydrogens (tertiary/aromatic N) is 5. The molecule has 2 aromatic heterocycles. The van der Waals surface area contributed by atoms with Gasteiger partial charge in [0.15, 0.2) is 0 Å². The topological polar surface area (TPSA) is 64.9 Å². The molecule has 0 bridgehead atoms. The minimum absolute atomic E-state index is 0.264. The highest BCUT2D eigenvalue weighted by Gasteiger charge is 2.28. The molecular formula is C18H20ClFN6. The summed E-state index contributed by atoms with van der Waals surface area (Å²) in [6.45, 7) is 0.959. The van der Waals surface area contributed by atoms with E-state index in [1.54, 1.807) is 6.20 Å². The molecule has 1 aliphatic carbocycles. The molecule has 3 aromatic rings. The van der Waals surface area contributed by atoms with Gasteiger partial charge in [0.25, 0.3) is 0 Å². The van der Waals surface area contributed by atoms with Crippen LogP contribution in [0.25, 0.3) is 16.6 Å². The summed E-state index contributed by atoms with van der Waals surface area (Å²) in [6, 6.07) is 4.01. The van der Waals surface area contributed by atoms with Gasteiger partial charge in [0.2, 0.25) is 0 Å². The van der Waals surface area contributed by atoms with E-state index in [1.807, 2.05) is 38.8 Å². The Balaban J connectivity index is 1.54. The van der Waals surface area contributed by atoms with Crippen LogP contribution >= 0.6 is 11.6 Å². The SMILES string of the molecule is N[C@@H]1CCN(c2cc3c(cnn3-c3cnn(C4CC4)c3)cc2Cl)C[C@@H]1F. The summed E-state index contributed by atoms with van der Waals surface area (Å²) in [5.41, 5.74) is 8.48. The van der Waals surface area contributed by atoms with E-state index in [2.05, 4.69) is 10.2 Å². The summed E-state index contributed by atoms with van der Waals surface area (Å²) in [4.78, 5) is 1.97. The zero-order valence-electron chi connectivity index (χ0n) is 14.2. The van der Waals surface area contributed by atoms with Gasteiger partial charge in [0.05, 0.1) is 47.4 Å². The lowest BCUT2D eigenvalue weighted by molar-refractivity contribution is 0.251. The number of halogens is 2. The van der Waals surface area contributed by atoms with Crippen LogP contribution in [0.2, 0.25) is 5.02 Å². The van der Waals surface area contributed by atoms with Crippen molar-refractivity contribution in [2.45, 2.75) is 37.5 Å². The number of hydrogen-bond donors (Lipinski definition) is 1. The lowest BCUT2D eigenvalue weighted by Gasteiger charge is -2.35. The van der Waals surface area contributed by atoms with Crippen LogP contribution in [0.3, 0.4) is 0 Å². The number of rotatable bonds is 3. The molecule has 2 fully saturated rings. The first kappa shape index (κ1) is 16.1. The van der Waals surface area contributed by atoms with Crippen LogP contribution in [-0.4, -0.2) is 44.9 Å². The molecule has 5 rings (SSSR count). The first-order valence-electron chi connectivity index (χ1n) is 8.96. The average Bonchev–Trinajstić information content (AvgIpc) is 3.22. The summed E-state index contributed by atoms with van der Waals surface area (Å²) in [5, 5.41) is 10.5. The van der Waals surface area contributed by atoms with Crippen LogP contribution in [0.4, 0.5) is 10.1 Å². The quantitative estimate of drug-likeness (QED) is 0.765. The van der Waals surface area contributed by atoms with Crippen LogP contribution < -0.4 is 10.6 Å². The molecule has 26 heavy (non-hydrogen) atoms. The van der Waals surface area contributed by atoms with Crippen molar-refractivity contribution < 1.29 is 4.39 Å². The summed E-state index contributed by atoms with van der Waals surface area (Å²) < 4.78 is 18.0. The summed E-state index contributed by atoms with van der Waals surface area (Å²) in [6.07, 6.45) is 7.58. The van der Waals surface area contributed by atoms with E-state index in [0.717, 1.165) is 22.3 Å². The van der Waals surface area contributed by atoms with Crippen LogP contribution in [-0.2, 0) is 0 Å². The van der Waals surface area contributed by atoms with Crippen LogP contribution in [0.5, 0.6) is 0 Å². The molecule has 1 aromatic carbocycles. The largest absolute Gasteiger partial charge is 0.367 e. The molecule has 2 N–H and O–H groups in total. The zero-order valence-corrected chi connectivity index (χ0v) is 15.0. The third kappa shape index (κ3) is 2.66. The van der Waals surface area contributed by atoms with Gasteiger partial charge in [0, 0.05) is 18.0 Å². The Hall–Kier alpha value is -2.12. The standard InChI is InChI=1S/C18H20ClFN6/c19-14-5-11-7-23-26(13-8-22-25(9-13)12-1-2-12)17(11)6-18(14)24-4-3-16(21)15(20)10-24/h5-9,12,15-16H,1-4,10,21H2/t15-,16+/m0/s1. The minimum Gasteiger partial charge on any atom is -0.367 e. The normalized spacial score (nSPS) is 23.7. The lowest BCUT2D eigenvalue weighted by atomic mass is 10.0. The number of aromatic nitrogens is 4. The molecule has 1 saturated heterocycles. The fourth-order valence-corrected chi connectivity index (χ4v) is 3.89. The van der Waals surface area contributed by atoms with E-state index in [4.69, 9.17) is 17.3 Å². The van der Waals surface area contributed by atoms with Crippen LogP contribution in [0, 0.1) is 0 Å². The molecular weight excluding hydrogens is 355 g/mol. The summed E-state index contributed by atoms with van der Waals surface area (Å²) in [5.74, 6) is 0. The Bertz CT molecular complexity index is 962. The van der Waals surface area contributed by atoms with E-state index < -0.39 is 12.2 Å². The number of anilines is 1.